The Labute approximate surface area is 146 Å². The van der Waals surface area contributed by atoms with Crippen LogP contribution in [0.4, 0.5) is 5.00 Å². The monoisotopic (exact) mass is 346 g/mol. The lowest BCUT2D eigenvalue weighted by Gasteiger charge is -2.09. The van der Waals surface area contributed by atoms with Gasteiger partial charge < -0.3 is 15.4 Å². The molecular formula is C18H22N2O3S. The van der Waals surface area contributed by atoms with Crippen molar-refractivity contribution >= 4 is 28.2 Å². The minimum Gasteiger partial charge on any atom is -0.494 e. The normalized spacial score (nSPS) is 10.2. The predicted octanol–water partition coefficient (Wildman–Crippen LogP) is 3.93. The van der Waals surface area contributed by atoms with Crippen LogP contribution >= 0.6 is 11.3 Å². The lowest BCUT2D eigenvalue weighted by atomic mass is 10.2. The van der Waals surface area contributed by atoms with Crippen LogP contribution in [0.15, 0.2) is 35.7 Å². The SMILES string of the molecule is CCCCCOc1cccc(C(=O)Nc2sccc2C(=O)NC)c1. The number of hydrogen-bond donors (Lipinski definition) is 2. The lowest BCUT2D eigenvalue weighted by Crippen LogP contribution is -2.20. The molecule has 2 rings (SSSR count). The Hall–Kier alpha value is -2.34. The molecule has 128 valence electrons. The number of amides is 2. The maximum atomic E-state index is 12.4. The Kier molecular flexibility index (Phi) is 6.81. The van der Waals surface area contributed by atoms with Gasteiger partial charge in [0, 0.05) is 12.6 Å². The first-order chi connectivity index (χ1) is 11.7. The number of thiophene rings is 1. The second-order valence-electron chi connectivity index (χ2n) is 5.28. The number of hydrogen-bond acceptors (Lipinski definition) is 4. The number of carbonyl (C=O) groups excluding carboxylic acids is 2. The van der Waals surface area contributed by atoms with E-state index in [4.69, 9.17) is 4.74 Å². The van der Waals surface area contributed by atoms with Gasteiger partial charge in [0.1, 0.15) is 10.8 Å². The number of anilines is 1. The van der Waals surface area contributed by atoms with Gasteiger partial charge in [-0.25, -0.2) is 0 Å². The maximum Gasteiger partial charge on any atom is 0.256 e. The van der Waals surface area contributed by atoms with Gasteiger partial charge in [-0.15, -0.1) is 11.3 Å². The molecule has 1 aromatic carbocycles. The zero-order valence-electron chi connectivity index (χ0n) is 13.9. The van der Waals surface area contributed by atoms with Gasteiger partial charge in [-0.1, -0.05) is 25.8 Å². The number of ether oxygens (including phenoxy) is 1. The van der Waals surface area contributed by atoms with E-state index < -0.39 is 0 Å². The molecule has 0 fully saturated rings. The van der Waals surface area contributed by atoms with Crippen molar-refractivity contribution in [3.8, 4) is 5.75 Å². The summed E-state index contributed by atoms with van der Waals surface area (Å²) in [5.41, 5.74) is 0.960. The molecule has 0 radical (unpaired) electrons. The van der Waals surface area contributed by atoms with E-state index in [-0.39, 0.29) is 11.8 Å². The molecule has 5 nitrogen and oxygen atoms in total. The van der Waals surface area contributed by atoms with E-state index in [1.165, 1.54) is 11.3 Å². The first-order valence-electron chi connectivity index (χ1n) is 7.99. The molecule has 0 unspecified atom stereocenters. The Balaban J connectivity index is 2.02. The number of rotatable bonds is 8. The van der Waals surface area contributed by atoms with Crippen LogP contribution in [0.1, 0.15) is 46.9 Å². The molecule has 0 saturated carbocycles. The minimum absolute atomic E-state index is 0.223. The summed E-state index contributed by atoms with van der Waals surface area (Å²) >= 11 is 1.32. The van der Waals surface area contributed by atoms with Gasteiger partial charge in [0.05, 0.1) is 12.2 Å². The zero-order chi connectivity index (χ0) is 17.4. The van der Waals surface area contributed by atoms with E-state index in [9.17, 15) is 9.59 Å². The van der Waals surface area contributed by atoms with Gasteiger partial charge >= 0.3 is 0 Å². The van der Waals surface area contributed by atoms with Crippen LogP contribution in [0, 0.1) is 0 Å². The van der Waals surface area contributed by atoms with Crippen molar-refractivity contribution in [1.29, 1.82) is 0 Å². The number of unbranched alkanes of at least 4 members (excludes halogenated alkanes) is 2. The first-order valence-corrected chi connectivity index (χ1v) is 8.87. The van der Waals surface area contributed by atoms with E-state index in [1.807, 2.05) is 6.07 Å². The van der Waals surface area contributed by atoms with E-state index in [0.717, 1.165) is 19.3 Å². The zero-order valence-corrected chi connectivity index (χ0v) is 14.7. The van der Waals surface area contributed by atoms with Crippen LogP contribution in [0.5, 0.6) is 5.75 Å². The molecule has 0 saturated heterocycles. The Morgan fingerprint density at radius 3 is 2.75 bits per heavy atom. The number of carbonyl (C=O) groups is 2. The fraction of sp³-hybridized carbons (Fsp3) is 0.333. The average molecular weight is 346 g/mol. The second kappa shape index (κ2) is 9.08. The summed E-state index contributed by atoms with van der Waals surface area (Å²) in [5.74, 6) is 0.192. The Bertz CT molecular complexity index is 697. The minimum atomic E-state index is -0.262. The molecule has 0 atom stereocenters. The van der Waals surface area contributed by atoms with Gasteiger partial charge in [0.15, 0.2) is 0 Å². The third-order valence-corrected chi connectivity index (χ3v) is 4.31. The molecule has 0 bridgehead atoms. The highest BCUT2D eigenvalue weighted by atomic mass is 32.1. The smallest absolute Gasteiger partial charge is 0.256 e. The molecule has 0 aliphatic carbocycles. The van der Waals surface area contributed by atoms with Crippen LogP contribution in [0.2, 0.25) is 0 Å². The summed E-state index contributed by atoms with van der Waals surface area (Å²) in [7, 11) is 1.56. The standard InChI is InChI=1S/C18H22N2O3S/c1-3-4-5-10-23-14-8-6-7-13(12-14)16(21)20-18-15(9-11-24-18)17(22)19-2/h6-9,11-12H,3-5,10H2,1-2H3,(H,19,22)(H,20,21). The molecule has 1 aromatic heterocycles. The summed E-state index contributed by atoms with van der Waals surface area (Å²) in [6.45, 7) is 2.78. The highest BCUT2D eigenvalue weighted by molar-refractivity contribution is 7.14. The quantitative estimate of drug-likeness (QED) is 0.712. The van der Waals surface area contributed by atoms with Gasteiger partial charge in [0.2, 0.25) is 0 Å². The van der Waals surface area contributed by atoms with Crippen molar-refractivity contribution < 1.29 is 14.3 Å². The molecule has 2 N–H and O–H groups in total. The van der Waals surface area contributed by atoms with Crippen molar-refractivity contribution in [2.45, 2.75) is 26.2 Å². The van der Waals surface area contributed by atoms with Crippen LogP contribution in [-0.2, 0) is 0 Å². The third-order valence-electron chi connectivity index (χ3n) is 3.48. The third kappa shape index (κ3) is 4.83. The molecule has 0 spiro atoms. The van der Waals surface area contributed by atoms with E-state index in [1.54, 1.807) is 36.7 Å². The van der Waals surface area contributed by atoms with Crippen LogP contribution in [-0.4, -0.2) is 25.5 Å². The fourth-order valence-corrected chi connectivity index (χ4v) is 2.94. The predicted molar refractivity (Wildman–Crippen MR) is 97.1 cm³/mol. The summed E-state index contributed by atoms with van der Waals surface area (Å²) in [4.78, 5) is 24.2. The van der Waals surface area contributed by atoms with Crippen molar-refractivity contribution in [1.82, 2.24) is 5.32 Å². The molecule has 0 aliphatic rings. The van der Waals surface area contributed by atoms with Crippen LogP contribution in [0.25, 0.3) is 0 Å². The molecular weight excluding hydrogens is 324 g/mol. The van der Waals surface area contributed by atoms with Crippen molar-refractivity contribution in [2.75, 3.05) is 19.0 Å². The molecule has 2 amide bonds. The topological polar surface area (TPSA) is 67.4 Å². The summed E-state index contributed by atoms with van der Waals surface area (Å²) in [6.07, 6.45) is 3.26. The largest absolute Gasteiger partial charge is 0.494 e. The van der Waals surface area contributed by atoms with Crippen molar-refractivity contribution in [3.05, 3.63) is 46.8 Å². The summed E-state index contributed by atoms with van der Waals surface area (Å²) in [5, 5.41) is 7.66. The molecule has 0 aliphatic heterocycles. The Morgan fingerprint density at radius 1 is 1.17 bits per heavy atom. The average Bonchev–Trinajstić information content (AvgIpc) is 3.06. The van der Waals surface area contributed by atoms with Crippen LogP contribution < -0.4 is 15.4 Å². The number of benzene rings is 1. The first kappa shape index (κ1) is 18.0. The fourth-order valence-electron chi connectivity index (χ4n) is 2.16. The van der Waals surface area contributed by atoms with Gasteiger partial charge in [0.25, 0.3) is 11.8 Å². The molecule has 6 heteroatoms. The molecule has 2 aromatic rings. The highest BCUT2D eigenvalue weighted by Gasteiger charge is 2.15. The Morgan fingerprint density at radius 2 is 2.00 bits per heavy atom. The summed E-state index contributed by atoms with van der Waals surface area (Å²) in [6, 6.07) is 8.75. The lowest BCUT2D eigenvalue weighted by molar-refractivity contribution is 0.0964. The van der Waals surface area contributed by atoms with E-state index in [0.29, 0.717) is 28.5 Å². The van der Waals surface area contributed by atoms with Crippen molar-refractivity contribution in [2.24, 2.45) is 0 Å². The molecule has 24 heavy (non-hydrogen) atoms. The number of nitrogens with one attached hydrogen (secondary N) is 2. The van der Waals surface area contributed by atoms with Crippen molar-refractivity contribution in [3.63, 3.8) is 0 Å². The maximum absolute atomic E-state index is 12.4. The van der Waals surface area contributed by atoms with E-state index >= 15 is 0 Å². The van der Waals surface area contributed by atoms with E-state index in [2.05, 4.69) is 17.6 Å². The summed E-state index contributed by atoms with van der Waals surface area (Å²) < 4.78 is 5.67. The second-order valence-corrected chi connectivity index (χ2v) is 6.20. The van der Waals surface area contributed by atoms with Gasteiger partial charge in [-0.05, 0) is 36.1 Å². The highest BCUT2D eigenvalue weighted by Crippen LogP contribution is 2.24. The molecule has 1 heterocycles. The van der Waals surface area contributed by atoms with Crippen LogP contribution in [0.3, 0.4) is 0 Å². The van der Waals surface area contributed by atoms with Gasteiger partial charge in [-0.3, -0.25) is 9.59 Å². The van der Waals surface area contributed by atoms with Gasteiger partial charge in [-0.2, -0.15) is 0 Å².